The minimum absolute atomic E-state index is 0.0755. The van der Waals surface area contributed by atoms with Crippen LogP contribution in [-0.2, 0) is 4.74 Å². The van der Waals surface area contributed by atoms with Crippen LogP contribution in [0.3, 0.4) is 0 Å². The molecule has 2 rings (SSSR count). The normalized spacial score (nSPS) is 15.5. The number of nitrogens with one attached hydrogen (secondary N) is 2. The SMILES string of the molecule is COc1ccc(OCC(O)CNCCNC(=O)N2CCOCC2)cc1. The van der Waals surface area contributed by atoms with Crippen LogP contribution in [0, 0.1) is 0 Å². The van der Waals surface area contributed by atoms with Gasteiger partial charge in [-0.05, 0) is 24.3 Å². The van der Waals surface area contributed by atoms with Crippen LogP contribution in [0.4, 0.5) is 4.79 Å². The summed E-state index contributed by atoms with van der Waals surface area (Å²) in [4.78, 5) is 13.6. The first kappa shape index (κ1) is 19.3. The van der Waals surface area contributed by atoms with Crippen LogP contribution in [0.25, 0.3) is 0 Å². The number of carbonyl (C=O) groups is 1. The van der Waals surface area contributed by atoms with Crippen LogP contribution in [0.15, 0.2) is 24.3 Å². The second-order valence-corrected chi connectivity index (χ2v) is 5.68. The van der Waals surface area contributed by atoms with Gasteiger partial charge in [0.15, 0.2) is 0 Å². The Kier molecular flexibility index (Phi) is 8.30. The van der Waals surface area contributed by atoms with Gasteiger partial charge in [0.25, 0.3) is 0 Å². The minimum Gasteiger partial charge on any atom is -0.497 e. The maximum absolute atomic E-state index is 11.9. The molecular weight excluding hydrogens is 326 g/mol. The number of ether oxygens (including phenoxy) is 3. The van der Waals surface area contributed by atoms with Crippen molar-refractivity contribution in [3.63, 3.8) is 0 Å². The number of nitrogens with zero attached hydrogens (tertiary/aromatic N) is 1. The molecular formula is C17H27N3O5. The summed E-state index contributed by atoms with van der Waals surface area (Å²) >= 11 is 0. The first-order valence-corrected chi connectivity index (χ1v) is 8.45. The van der Waals surface area contributed by atoms with Gasteiger partial charge < -0.3 is 34.9 Å². The number of hydrogen-bond acceptors (Lipinski definition) is 6. The van der Waals surface area contributed by atoms with Crippen LogP contribution in [0.2, 0.25) is 0 Å². The molecule has 8 heteroatoms. The van der Waals surface area contributed by atoms with Crippen LogP contribution < -0.4 is 20.1 Å². The van der Waals surface area contributed by atoms with E-state index in [0.717, 1.165) is 5.75 Å². The Labute approximate surface area is 148 Å². The van der Waals surface area contributed by atoms with Crippen molar-refractivity contribution >= 4 is 6.03 Å². The smallest absolute Gasteiger partial charge is 0.317 e. The van der Waals surface area contributed by atoms with E-state index in [1.165, 1.54) is 0 Å². The lowest BCUT2D eigenvalue weighted by molar-refractivity contribution is 0.0532. The third kappa shape index (κ3) is 7.16. The molecule has 0 bridgehead atoms. The zero-order chi connectivity index (χ0) is 17.9. The van der Waals surface area contributed by atoms with E-state index in [2.05, 4.69) is 10.6 Å². The lowest BCUT2D eigenvalue weighted by Crippen LogP contribution is -2.47. The fourth-order valence-corrected chi connectivity index (χ4v) is 2.33. The van der Waals surface area contributed by atoms with E-state index in [9.17, 15) is 9.90 Å². The lowest BCUT2D eigenvalue weighted by Gasteiger charge is -2.27. The Morgan fingerprint density at radius 3 is 2.60 bits per heavy atom. The number of carbonyl (C=O) groups excluding carboxylic acids is 1. The van der Waals surface area contributed by atoms with Crippen molar-refractivity contribution in [2.45, 2.75) is 6.10 Å². The molecule has 0 saturated carbocycles. The minimum atomic E-state index is -0.628. The molecule has 1 atom stereocenters. The Balaban J connectivity index is 1.51. The predicted octanol–water partition coefficient (Wildman–Crippen LogP) is 0.0663. The topological polar surface area (TPSA) is 92.3 Å². The molecule has 140 valence electrons. The molecule has 2 amide bonds. The average Bonchev–Trinajstić information content (AvgIpc) is 2.67. The number of methoxy groups -OCH3 is 1. The molecule has 0 spiro atoms. The quantitative estimate of drug-likeness (QED) is 0.544. The third-order valence-corrected chi connectivity index (χ3v) is 3.76. The Morgan fingerprint density at radius 1 is 1.24 bits per heavy atom. The number of morpholine rings is 1. The molecule has 1 fully saturated rings. The second kappa shape index (κ2) is 10.8. The van der Waals surface area contributed by atoms with Gasteiger partial charge in [-0.1, -0.05) is 0 Å². The van der Waals surface area contributed by atoms with Gasteiger partial charge in [0, 0.05) is 32.7 Å². The highest BCUT2D eigenvalue weighted by molar-refractivity contribution is 5.74. The summed E-state index contributed by atoms with van der Waals surface area (Å²) in [6.45, 7) is 4.10. The van der Waals surface area contributed by atoms with Crippen LogP contribution >= 0.6 is 0 Å². The molecule has 0 radical (unpaired) electrons. The molecule has 1 aromatic carbocycles. The monoisotopic (exact) mass is 353 g/mol. The third-order valence-electron chi connectivity index (χ3n) is 3.76. The molecule has 1 unspecified atom stereocenters. The van der Waals surface area contributed by atoms with Gasteiger partial charge in [0.2, 0.25) is 0 Å². The molecule has 3 N–H and O–H groups in total. The summed E-state index contributed by atoms with van der Waals surface area (Å²) in [6, 6.07) is 7.11. The molecule has 8 nitrogen and oxygen atoms in total. The molecule has 1 saturated heterocycles. The standard InChI is InChI=1S/C17H27N3O5/c1-23-15-2-4-16(5-3-15)25-13-14(21)12-18-6-7-19-17(22)20-8-10-24-11-9-20/h2-5,14,18,21H,6-13H2,1H3,(H,19,22). The maximum Gasteiger partial charge on any atom is 0.317 e. The number of aliphatic hydroxyl groups excluding tert-OH is 1. The predicted molar refractivity (Wildman–Crippen MR) is 93.2 cm³/mol. The highest BCUT2D eigenvalue weighted by atomic mass is 16.5. The molecule has 1 aromatic rings. The molecule has 1 aliphatic rings. The van der Waals surface area contributed by atoms with Gasteiger partial charge in [0.05, 0.1) is 20.3 Å². The first-order chi connectivity index (χ1) is 12.2. The second-order valence-electron chi connectivity index (χ2n) is 5.68. The Hall–Kier alpha value is -2.03. The highest BCUT2D eigenvalue weighted by Gasteiger charge is 2.15. The fraction of sp³-hybridized carbons (Fsp3) is 0.588. The molecule has 25 heavy (non-hydrogen) atoms. The summed E-state index contributed by atoms with van der Waals surface area (Å²) in [6.07, 6.45) is -0.628. The number of benzene rings is 1. The Bertz CT molecular complexity index is 506. The van der Waals surface area contributed by atoms with Gasteiger partial charge in [0.1, 0.15) is 24.2 Å². The summed E-state index contributed by atoms with van der Waals surface area (Å²) in [5.41, 5.74) is 0. The lowest BCUT2D eigenvalue weighted by atomic mass is 10.3. The summed E-state index contributed by atoms with van der Waals surface area (Å²) in [5.74, 6) is 1.44. The number of hydrogen-bond donors (Lipinski definition) is 3. The highest BCUT2D eigenvalue weighted by Crippen LogP contribution is 2.16. The van der Waals surface area contributed by atoms with Crippen molar-refractivity contribution in [2.75, 3.05) is 59.7 Å². The van der Waals surface area contributed by atoms with Crippen LogP contribution in [0.1, 0.15) is 0 Å². The summed E-state index contributed by atoms with van der Waals surface area (Å²) in [5, 5.41) is 15.8. The molecule has 0 aliphatic carbocycles. The molecule has 1 aliphatic heterocycles. The average molecular weight is 353 g/mol. The fourth-order valence-electron chi connectivity index (χ4n) is 2.33. The van der Waals surface area contributed by atoms with Crippen molar-refractivity contribution in [3.8, 4) is 11.5 Å². The van der Waals surface area contributed by atoms with Gasteiger partial charge in [-0.3, -0.25) is 0 Å². The maximum atomic E-state index is 11.9. The summed E-state index contributed by atoms with van der Waals surface area (Å²) < 4.78 is 15.8. The molecule has 0 aromatic heterocycles. The largest absolute Gasteiger partial charge is 0.497 e. The van der Waals surface area contributed by atoms with Crippen molar-refractivity contribution in [2.24, 2.45) is 0 Å². The number of amides is 2. The van der Waals surface area contributed by atoms with Crippen LogP contribution in [-0.4, -0.2) is 81.8 Å². The van der Waals surface area contributed by atoms with E-state index in [4.69, 9.17) is 14.2 Å². The van der Waals surface area contributed by atoms with Crippen LogP contribution in [0.5, 0.6) is 11.5 Å². The zero-order valence-electron chi connectivity index (χ0n) is 14.6. The summed E-state index contributed by atoms with van der Waals surface area (Å²) in [7, 11) is 1.61. The van der Waals surface area contributed by atoms with Crippen molar-refractivity contribution < 1.29 is 24.1 Å². The number of aliphatic hydroxyl groups is 1. The van der Waals surface area contributed by atoms with Gasteiger partial charge >= 0.3 is 6.03 Å². The van der Waals surface area contributed by atoms with E-state index in [1.807, 2.05) is 0 Å². The first-order valence-electron chi connectivity index (χ1n) is 8.45. The van der Waals surface area contributed by atoms with E-state index < -0.39 is 6.10 Å². The van der Waals surface area contributed by atoms with Gasteiger partial charge in [-0.2, -0.15) is 0 Å². The van der Waals surface area contributed by atoms with E-state index >= 15 is 0 Å². The van der Waals surface area contributed by atoms with Gasteiger partial charge in [-0.15, -0.1) is 0 Å². The zero-order valence-corrected chi connectivity index (χ0v) is 14.6. The van der Waals surface area contributed by atoms with E-state index in [0.29, 0.717) is 51.7 Å². The molecule has 1 heterocycles. The van der Waals surface area contributed by atoms with E-state index in [-0.39, 0.29) is 12.6 Å². The number of rotatable bonds is 9. The van der Waals surface area contributed by atoms with Crippen molar-refractivity contribution in [1.82, 2.24) is 15.5 Å². The van der Waals surface area contributed by atoms with E-state index in [1.54, 1.807) is 36.3 Å². The Morgan fingerprint density at radius 2 is 1.92 bits per heavy atom. The number of urea groups is 1. The van der Waals surface area contributed by atoms with Crippen molar-refractivity contribution in [1.29, 1.82) is 0 Å². The van der Waals surface area contributed by atoms with Gasteiger partial charge in [-0.25, -0.2) is 4.79 Å². The van der Waals surface area contributed by atoms with Crippen molar-refractivity contribution in [3.05, 3.63) is 24.3 Å².